The third kappa shape index (κ3) is 4.64. The molecule has 0 aliphatic rings. The average Bonchev–Trinajstić information content (AvgIpc) is 2.01. The van der Waals surface area contributed by atoms with Crippen molar-refractivity contribution in [1.29, 1.82) is 0 Å². The first-order valence-electron chi connectivity index (χ1n) is 3.45. The normalized spacial score (nSPS) is 10.8. The summed E-state index contributed by atoms with van der Waals surface area (Å²) in [4.78, 5) is 18.8. The summed E-state index contributed by atoms with van der Waals surface area (Å²) in [5.41, 5.74) is -1.39. The van der Waals surface area contributed by atoms with Gasteiger partial charge in [-0.3, -0.25) is 9.59 Å². The van der Waals surface area contributed by atoms with E-state index in [1.165, 1.54) is 6.92 Å². The fourth-order valence-electron chi connectivity index (χ4n) is 0.185. The summed E-state index contributed by atoms with van der Waals surface area (Å²) >= 11 is 0. The zero-order valence-corrected chi connectivity index (χ0v) is 6.52. The molecule has 6 heteroatoms. The number of aliphatic hydroxyl groups excluding tert-OH is 2. The summed E-state index contributed by atoms with van der Waals surface area (Å²) in [5.74, 6) is -1.19. The van der Waals surface area contributed by atoms with Gasteiger partial charge in [0.05, 0.1) is 13.2 Å². The van der Waals surface area contributed by atoms with E-state index in [4.69, 9.17) is 26.6 Å². The summed E-state index contributed by atoms with van der Waals surface area (Å²) in [7, 11) is 0. The minimum atomic E-state index is -1.58. The number of aliphatic carboxylic acids is 1. The molecule has 0 aromatic heterocycles. The Morgan fingerprint density at radius 1 is 1.58 bits per heavy atom. The molecule has 0 aliphatic carbocycles. The second kappa shape index (κ2) is 6.56. The van der Waals surface area contributed by atoms with Crippen molar-refractivity contribution in [2.24, 2.45) is 5.41 Å². The number of carboxylic acids is 1. The van der Waals surface area contributed by atoms with E-state index in [0.717, 1.165) is 0 Å². The van der Waals surface area contributed by atoms with Gasteiger partial charge in [-0.25, -0.2) is 0 Å². The number of carbonyl (C=O) groups is 2. The Bertz CT molecular complexity index is 172. The lowest BCUT2D eigenvalue weighted by molar-refractivity contribution is -0.152. The van der Waals surface area contributed by atoms with Crippen molar-refractivity contribution < 1.29 is 31.4 Å². The summed E-state index contributed by atoms with van der Waals surface area (Å²) in [6.45, 7) is 0.187. The molecule has 12 heavy (non-hydrogen) atoms. The van der Waals surface area contributed by atoms with Gasteiger partial charge in [0.25, 0.3) is 6.45 Å². The van der Waals surface area contributed by atoms with E-state index in [9.17, 15) is 4.79 Å². The van der Waals surface area contributed by atoms with Gasteiger partial charge in [-0.2, -0.15) is 0 Å². The molecule has 0 heterocycles. The van der Waals surface area contributed by atoms with E-state index in [1.54, 1.807) is 0 Å². The fourth-order valence-corrected chi connectivity index (χ4v) is 0.185. The topological polar surface area (TPSA) is 115 Å². The lowest BCUT2D eigenvalue weighted by atomic mass is 9.94. The number of rotatable bonds is 3. The van der Waals surface area contributed by atoms with Gasteiger partial charge in [-0.15, -0.1) is 0 Å². The van der Waals surface area contributed by atoms with E-state index in [1.807, 2.05) is 0 Å². The molecular formula is C6H12O6. The van der Waals surface area contributed by atoms with Crippen molar-refractivity contribution in [3.8, 4) is 0 Å². The van der Waals surface area contributed by atoms with Crippen LogP contribution in [0.5, 0.6) is 0 Å². The van der Waals surface area contributed by atoms with Gasteiger partial charge in [0, 0.05) is 0 Å². The number of hydrogen-bond acceptors (Lipinski definition) is 4. The summed E-state index contributed by atoms with van der Waals surface area (Å²) in [5, 5.41) is 32.2. The van der Waals surface area contributed by atoms with Crippen LogP contribution in [0, 0.1) is 5.41 Å². The maximum atomic E-state index is 10.2. The Labute approximate surface area is 70.5 Å². The van der Waals surface area contributed by atoms with Gasteiger partial charge in [0.1, 0.15) is 5.41 Å². The van der Waals surface area contributed by atoms with Crippen LogP contribution in [-0.2, 0) is 9.59 Å². The highest BCUT2D eigenvalue weighted by atomic mass is 16.4. The van der Waals surface area contributed by atoms with Crippen LogP contribution >= 0.6 is 0 Å². The summed E-state index contributed by atoms with van der Waals surface area (Å²) in [6.07, 6.45) is -1.58. The van der Waals surface area contributed by atoms with Gasteiger partial charge in [0.15, 0.2) is 1.37 Å². The first-order chi connectivity index (χ1) is 5.80. The number of hydrogen-bond donors (Lipinski definition) is 4. The number of aliphatic hydroxyl groups is 2. The Kier molecular flexibility index (Phi) is 5.94. The molecule has 0 bridgehead atoms. The minimum Gasteiger partial charge on any atom is -0.483 e. The van der Waals surface area contributed by atoms with Crippen molar-refractivity contribution in [3.05, 3.63) is 0 Å². The largest absolute Gasteiger partial charge is 0.483 e. The molecule has 0 radical (unpaired) electrons. The zero-order chi connectivity index (χ0) is 11.1. The van der Waals surface area contributed by atoms with Crippen molar-refractivity contribution in [2.75, 3.05) is 13.2 Å². The van der Waals surface area contributed by atoms with E-state index in [0.29, 0.717) is 0 Å². The van der Waals surface area contributed by atoms with E-state index < -0.39 is 31.0 Å². The van der Waals surface area contributed by atoms with Crippen LogP contribution in [0.3, 0.4) is 0 Å². The van der Waals surface area contributed by atoms with Crippen LogP contribution < -0.4 is 0 Å². The maximum absolute atomic E-state index is 10.2. The van der Waals surface area contributed by atoms with Crippen molar-refractivity contribution in [2.45, 2.75) is 6.92 Å². The highest BCUT2D eigenvalue weighted by Crippen LogP contribution is 2.12. The molecule has 0 amide bonds. The second-order valence-electron chi connectivity index (χ2n) is 2.27. The molecule has 0 atom stereocenters. The summed E-state index contributed by atoms with van der Waals surface area (Å²) < 4.78 is 5.50. The smallest absolute Gasteiger partial charge is 0.314 e. The molecule has 0 aromatic rings. The van der Waals surface area contributed by atoms with E-state index >= 15 is 0 Å². The van der Waals surface area contributed by atoms with Gasteiger partial charge in [0.2, 0.25) is 0 Å². The van der Waals surface area contributed by atoms with Crippen LogP contribution in [0.4, 0.5) is 0 Å². The third-order valence-electron chi connectivity index (χ3n) is 1.21. The molecule has 0 aromatic carbocycles. The summed E-state index contributed by atoms with van der Waals surface area (Å²) in [6, 6.07) is 0. The van der Waals surface area contributed by atoms with Crippen LogP contribution in [0.1, 0.15) is 8.29 Å². The van der Waals surface area contributed by atoms with Crippen molar-refractivity contribution in [1.82, 2.24) is 0 Å². The Morgan fingerprint density at radius 3 is 1.83 bits per heavy atom. The molecule has 72 valence electrons. The fraction of sp³-hybridized carbons (Fsp3) is 0.667. The zero-order valence-electron chi connectivity index (χ0n) is 7.52. The van der Waals surface area contributed by atoms with Crippen molar-refractivity contribution >= 4 is 12.4 Å². The van der Waals surface area contributed by atoms with E-state index in [-0.39, 0.29) is 0 Å². The maximum Gasteiger partial charge on any atom is 0.314 e. The highest BCUT2D eigenvalue weighted by Gasteiger charge is 2.31. The van der Waals surface area contributed by atoms with Gasteiger partial charge in [-0.1, -0.05) is 0 Å². The highest BCUT2D eigenvalue weighted by molar-refractivity contribution is 5.74. The quantitative estimate of drug-likeness (QED) is 0.405. The average molecular weight is 181 g/mol. The van der Waals surface area contributed by atoms with Crippen LogP contribution in [0.25, 0.3) is 0 Å². The standard InChI is InChI=1S/C5H10O4.CH2O2/c1-5(2-6,3-7)4(8)9;2-1-3/h6-7H,2-3H2,1H3,(H,8,9);1H,(H,2,3)/i;1D. The van der Waals surface area contributed by atoms with Gasteiger partial charge < -0.3 is 20.4 Å². The molecule has 0 saturated carbocycles. The van der Waals surface area contributed by atoms with Gasteiger partial charge >= 0.3 is 5.97 Å². The third-order valence-corrected chi connectivity index (χ3v) is 1.21. The van der Waals surface area contributed by atoms with Crippen LogP contribution in [0.15, 0.2) is 0 Å². The van der Waals surface area contributed by atoms with E-state index in [2.05, 4.69) is 0 Å². The van der Waals surface area contributed by atoms with Crippen LogP contribution in [-0.4, -0.2) is 46.1 Å². The number of carboxylic acid groups (broad SMARTS) is 2. The molecule has 0 spiro atoms. The molecular weight excluding hydrogens is 168 g/mol. The SMILES string of the molecule is CC(CO)(CO)C(=O)O.[2H]C(=O)O. The molecule has 0 rings (SSSR count). The van der Waals surface area contributed by atoms with Crippen molar-refractivity contribution in [3.63, 3.8) is 0 Å². The Balaban J connectivity index is 0. The molecule has 0 saturated heterocycles. The predicted molar refractivity (Wildman–Crippen MR) is 38.6 cm³/mol. The lowest BCUT2D eigenvalue weighted by Crippen LogP contribution is -2.35. The molecule has 4 N–H and O–H groups in total. The second-order valence-corrected chi connectivity index (χ2v) is 2.27. The first-order valence-corrected chi connectivity index (χ1v) is 2.95. The predicted octanol–water partition coefficient (Wildman–Crippen LogP) is -1.24. The molecule has 6 nitrogen and oxygen atoms in total. The van der Waals surface area contributed by atoms with Crippen LogP contribution in [0.2, 0.25) is 0 Å². The first kappa shape index (κ1) is 10.9. The Morgan fingerprint density at radius 2 is 1.83 bits per heavy atom. The molecule has 0 unspecified atom stereocenters. The minimum absolute atomic E-state index is 0.543. The molecule has 0 fully saturated rings. The monoisotopic (exact) mass is 181 g/mol. The molecule has 0 aliphatic heterocycles. The lowest BCUT2D eigenvalue weighted by Gasteiger charge is -2.17. The Hall–Kier alpha value is -1.14. The van der Waals surface area contributed by atoms with Gasteiger partial charge in [-0.05, 0) is 6.92 Å².